The molecular formula is C17H22N4O2. The highest BCUT2D eigenvalue weighted by Crippen LogP contribution is 2.34. The van der Waals surface area contributed by atoms with Crippen LogP contribution in [0.25, 0.3) is 10.9 Å². The Bertz CT molecular complexity index is 746. The summed E-state index contributed by atoms with van der Waals surface area (Å²) in [4.78, 5) is 14.2. The van der Waals surface area contributed by atoms with Crippen molar-refractivity contribution < 1.29 is 9.53 Å². The Hall–Kier alpha value is -2.08. The highest BCUT2D eigenvalue weighted by Gasteiger charge is 2.34. The molecule has 3 fully saturated rings. The monoisotopic (exact) mass is 314 g/mol. The van der Waals surface area contributed by atoms with E-state index in [1.165, 1.54) is 25.9 Å². The number of nitrogens with two attached hydrogens (primary N) is 1. The lowest BCUT2D eigenvalue weighted by Gasteiger charge is -2.44. The Morgan fingerprint density at radius 2 is 2.17 bits per heavy atom. The van der Waals surface area contributed by atoms with Gasteiger partial charge in [-0.05, 0) is 49.9 Å². The summed E-state index contributed by atoms with van der Waals surface area (Å²) < 4.78 is 7.27. The number of piperidine rings is 3. The van der Waals surface area contributed by atoms with Gasteiger partial charge in [-0.1, -0.05) is 0 Å². The molecule has 0 spiro atoms. The van der Waals surface area contributed by atoms with Gasteiger partial charge in [-0.2, -0.15) is 5.10 Å². The van der Waals surface area contributed by atoms with Gasteiger partial charge in [0.1, 0.15) is 5.75 Å². The highest BCUT2D eigenvalue weighted by atomic mass is 16.5. The van der Waals surface area contributed by atoms with Crippen molar-refractivity contribution in [1.82, 2.24) is 14.7 Å². The molecule has 23 heavy (non-hydrogen) atoms. The van der Waals surface area contributed by atoms with E-state index in [2.05, 4.69) is 10.00 Å². The molecule has 2 aromatic rings. The normalized spacial score (nSPS) is 26.6. The quantitative estimate of drug-likeness (QED) is 0.928. The molecule has 3 saturated heterocycles. The van der Waals surface area contributed by atoms with Crippen molar-refractivity contribution in [2.75, 3.05) is 26.7 Å². The number of methoxy groups -OCH3 is 1. The first kappa shape index (κ1) is 14.5. The molecule has 1 aromatic heterocycles. The van der Waals surface area contributed by atoms with E-state index in [-0.39, 0.29) is 0 Å². The Labute approximate surface area is 135 Å². The molecule has 122 valence electrons. The first-order chi connectivity index (χ1) is 11.2. The SMILES string of the molecule is COc1ccc2c(C(N)=O)nn(CC3CN4CCC3CC4)c2c1. The van der Waals surface area contributed by atoms with E-state index in [1.807, 2.05) is 22.9 Å². The summed E-state index contributed by atoms with van der Waals surface area (Å²) >= 11 is 0. The molecule has 0 aliphatic carbocycles. The molecule has 6 nitrogen and oxygen atoms in total. The van der Waals surface area contributed by atoms with Crippen LogP contribution in [0.4, 0.5) is 0 Å². The van der Waals surface area contributed by atoms with Crippen LogP contribution in [0.1, 0.15) is 23.3 Å². The van der Waals surface area contributed by atoms with Crippen LogP contribution in [0.5, 0.6) is 5.75 Å². The van der Waals surface area contributed by atoms with Crippen molar-refractivity contribution in [3.8, 4) is 5.75 Å². The van der Waals surface area contributed by atoms with E-state index in [0.717, 1.165) is 35.7 Å². The first-order valence-electron chi connectivity index (χ1n) is 8.22. The molecule has 1 atom stereocenters. The van der Waals surface area contributed by atoms with Gasteiger partial charge >= 0.3 is 0 Å². The summed E-state index contributed by atoms with van der Waals surface area (Å²) in [6.45, 7) is 4.41. The number of carbonyl (C=O) groups is 1. The zero-order valence-corrected chi connectivity index (χ0v) is 13.4. The zero-order chi connectivity index (χ0) is 16.0. The molecule has 1 unspecified atom stereocenters. The Balaban J connectivity index is 1.72. The summed E-state index contributed by atoms with van der Waals surface area (Å²) in [6.07, 6.45) is 2.55. The number of carbonyl (C=O) groups excluding carboxylic acids is 1. The molecule has 1 amide bonds. The molecule has 6 heteroatoms. The number of benzene rings is 1. The minimum absolute atomic E-state index is 0.351. The average Bonchev–Trinajstić information content (AvgIpc) is 2.94. The fourth-order valence-corrected chi connectivity index (χ4v) is 4.12. The third-order valence-electron chi connectivity index (χ3n) is 5.39. The second-order valence-electron chi connectivity index (χ2n) is 6.68. The summed E-state index contributed by atoms with van der Waals surface area (Å²) in [5.41, 5.74) is 6.78. The second-order valence-corrected chi connectivity index (χ2v) is 6.68. The van der Waals surface area contributed by atoms with Gasteiger partial charge in [-0.25, -0.2) is 0 Å². The Morgan fingerprint density at radius 3 is 2.78 bits per heavy atom. The predicted octanol–water partition coefficient (Wildman–Crippen LogP) is 1.49. The van der Waals surface area contributed by atoms with Gasteiger partial charge in [-0.15, -0.1) is 0 Å². The predicted molar refractivity (Wildman–Crippen MR) is 87.5 cm³/mol. The minimum atomic E-state index is -0.479. The molecule has 0 saturated carbocycles. The van der Waals surface area contributed by atoms with Crippen LogP contribution in [0.3, 0.4) is 0 Å². The molecule has 2 bridgehead atoms. The van der Waals surface area contributed by atoms with Gasteiger partial charge in [0, 0.05) is 24.5 Å². The van der Waals surface area contributed by atoms with Gasteiger partial charge in [0.25, 0.3) is 5.91 Å². The lowest BCUT2D eigenvalue weighted by Crippen LogP contribution is -2.48. The summed E-state index contributed by atoms with van der Waals surface area (Å²) in [5.74, 6) is 1.64. The highest BCUT2D eigenvalue weighted by molar-refractivity contribution is 6.04. The largest absolute Gasteiger partial charge is 0.497 e. The Kier molecular flexibility index (Phi) is 3.49. The molecular weight excluding hydrogens is 292 g/mol. The molecule has 5 rings (SSSR count). The number of rotatable bonds is 4. The maximum atomic E-state index is 11.7. The van der Waals surface area contributed by atoms with Crippen LogP contribution in [0.2, 0.25) is 0 Å². The van der Waals surface area contributed by atoms with E-state index in [9.17, 15) is 4.79 Å². The van der Waals surface area contributed by atoms with Crippen LogP contribution in [0, 0.1) is 11.8 Å². The van der Waals surface area contributed by atoms with E-state index in [4.69, 9.17) is 10.5 Å². The van der Waals surface area contributed by atoms with Crippen LogP contribution >= 0.6 is 0 Å². The van der Waals surface area contributed by atoms with Gasteiger partial charge in [0.05, 0.1) is 12.6 Å². The third-order valence-corrected chi connectivity index (χ3v) is 5.39. The van der Waals surface area contributed by atoms with Crippen molar-refractivity contribution in [3.05, 3.63) is 23.9 Å². The van der Waals surface area contributed by atoms with Crippen molar-refractivity contribution >= 4 is 16.8 Å². The maximum absolute atomic E-state index is 11.7. The van der Waals surface area contributed by atoms with Gasteiger partial charge in [-0.3, -0.25) is 9.48 Å². The van der Waals surface area contributed by atoms with Crippen molar-refractivity contribution in [2.24, 2.45) is 17.6 Å². The molecule has 3 aliphatic heterocycles. The number of amides is 1. The molecule has 2 N–H and O–H groups in total. The zero-order valence-electron chi connectivity index (χ0n) is 13.4. The number of fused-ring (bicyclic) bond motifs is 4. The smallest absolute Gasteiger partial charge is 0.269 e. The fourth-order valence-electron chi connectivity index (χ4n) is 4.12. The van der Waals surface area contributed by atoms with Crippen LogP contribution < -0.4 is 10.5 Å². The number of primary amides is 1. The van der Waals surface area contributed by atoms with Crippen molar-refractivity contribution in [2.45, 2.75) is 19.4 Å². The van der Waals surface area contributed by atoms with Gasteiger partial charge in [0.15, 0.2) is 5.69 Å². The Morgan fingerprint density at radius 1 is 1.39 bits per heavy atom. The van der Waals surface area contributed by atoms with E-state index in [0.29, 0.717) is 11.6 Å². The lowest BCUT2D eigenvalue weighted by atomic mass is 9.79. The second kappa shape index (κ2) is 5.53. The lowest BCUT2D eigenvalue weighted by molar-refractivity contribution is 0.0411. The summed E-state index contributed by atoms with van der Waals surface area (Å²) in [5, 5.41) is 5.32. The third kappa shape index (κ3) is 2.47. The first-order valence-corrected chi connectivity index (χ1v) is 8.22. The van der Waals surface area contributed by atoms with Crippen LogP contribution in [0.15, 0.2) is 18.2 Å². The number of ether oxygens (including phenoxy) is 1. The topological polar surface area (TPSA) is 73.4 Å². The van der Waals surface area contributed by atoms with E-state index >= 15 is 0 Å². The van der Waals surface area contributed by atoms with E-state index < -0.39 is 5.91 Å². The fraction of sp³-hybridized carbons (Fsp3) is 0.529. The molecule has 1 aromatic carbocycles. The van der Waals surface area contributed by atoms with Crippen molar-refractivity contribution in [1.29, 1.82) is 0 Å². The molecule has 3 aliphatic rings. The maximum Gasteiger partial charge on any atom is 0.269 e. The molecule has 0 radical (unpaired) electrons. The standard InChI is InChI=1S/C17H22N4O2/c1-23-13-2-3-14-15(8-13)21(19-16(14)17(18)22)10-12-9-20-6-4-11(12)5-7-20/h2-3,8,11-12H,4-7,9-10H2,1H3,(H2,18,22). The van der Waals surface area contributed by atoms with Crippen molar-refractivity contribution in [3.63, 3.8) is 0 Å². The number of aromatic nitrogens is 2. The number of nitrogens with zero attached hydrogens (tertiary/aromatic N) is 3. The number of hydrogen-bond acceptors (Lipinski definition) is 4. The average molecular weight is 314 g/mol. The van der Waals surface area contributed by atoms with Crippen LogP contribution in [-0.4, -0.2) is 47.3 Å². The summed E-state index contributed by atoms with van der Waals surface area (Å²) in [7, 11) is 1.64. The van der Waals surface area contributed by atoms with Gasteiger partial charge in [0.2, 0.25) is 0 Å². The van der Waals surface area contributed by atoms with Gasteiger partial charge < -0.3 is 15.4 Å². The van der Waals surface area contributed by atoms with Crippen LogP contribution in [-0.2, 0) is 6.54 Å². The molecule has 4 heterocycles. The minimum Gasteiger partial charge on any atom is -0.497 e. The number of hydrogen-bond donors (Lipinski definition) is 1. The summed E-state index contributed by atoms with van der Waals surface area (Å²) in [6, 6.07) is 5.65. The van der Waals surface area contributed by atoms with E-state index in [1.54, 1.807) is 7.11 Å².